The molecule has 2 aromatic rings. The van der Waals surface area contributed by atoms with Gasteiger partial charge in [-0.3, -0.25) is 9.20 Å². The Morgan fingerprint density at radius 2 is 2.04 bits per heavy atom. The third-order valence-electron chi connectivity index (χ3n) is 4.05. The fourth-order valence-electron chi connectivity index (χ4n) is 2.70. The van der Waals surface area contributed by atoms with Crippen molar-refractivity contribution in [2.45, 2.75) is 33.6 Å². The van der Waals surface area contributed by atoms with Gasteiger partial charge in [-0.25, -0.2) is 4.98 Å². The first-order chi connectivity index (χ1) is 11.1. The summed E-state index contributed by atoms with van der Waals surface area (Å²) in [6.45, 7) is 10.2. The van der Waals surface area contributed by atoms with Crippen molar-refractivity contribution >= 4 is 27.5 Å². The maximum atomic E-state index is 12.5. The van der Waals surface area contributed by atoms with Gasteiger partial charge in [0.25, 0.3) is 5.91 Å². The van der Waals surface area contributed by atoms with Crippen molar-refractivity contribution in [2.75, 3.05) is 26.2 Å². The van der Waals surface area contributed by atoms with Gasteiger partial charge >= 0.3 is 0 Å². The predicted octanol–water partition coefficient (Wildman–Crippen LogP) is 3.26. The molecule has 2 heterocycles. The summed E-state index contributed by atoms with van der Waals surface area (Å²) in [6.07, 6.45) is 3.96. The number of carbonyl (C=O) groups excluding carboxylic acids is 1. The maximum Gasteiger partial charge on any atom is 0.270 e. The van der Waals surface area contributed by atoms with Gasteiger partial charge in [0.1, 0.15) is 11.3 Å². The quantitative estimate of drug-likeness (QED) is 0.715. The maximum absolute atomic E-state index is 12.5. The zero-order valence-electron chi connectivity index (χ0n) is 14.1. The van der Waals surface area contributed by atoms with Crippen LogP contribution in [0, 0.1) is 6.92 Å². The predicted molar refractivity (Wildman–Crippen MR) is 97.0 cm³/mol. The van der Waals surface area contributed by atoms with Gasteiger partial charge in [0.05, 0.1) is 5.69 Å². The van der Waals surface area contributed by atoms with Crippen molar-refractivity contribution in [3.8, 4) is 0 Å². The lowest BCUT2D eigenvalue weighted by Gasteiger charge is -2.17. The van der Waals surface area contributed by atoms with Gasteiger partial charge in [0.15, 0.2) is 0 Å². The number of rotatable bonds is 8. The molecule has 6 heteroatoms. The van der Waals surface area contributed by atoms with Crippen molar-refractivity contribution in [3.05, 3.63) is 34.2 Å². The minimum absolute atomic E-state index is 0.0593. The second-order valence-corrected chi connectivity index (χ2v) is 6.53. The molecule has 0 radical (unpaired) electrons. The summed E-state index contributed by atoms with van der Waals surface area (Å²) in [4.78, 5) is 19.3. The molecular weight excluding hydrogens is 356 g/mol. The Kier molecular flexibility index (Phi) is 6.59. The van der Waals surface area contributed by atoms with E-state index in [-0.39, 0.29) is 5.91 Å². The number of unbranched alkanes of at least 4 members (excludes halogenated alkanes) is 1. The number of carbonyl (C=O) groups is 1. The number of nitrogens with one attached hydrogen (secondary N) is 1. The Hall–Kier alpha value is -1.40. The molecule has 5 nitrogen and oxygen atoms in total. The van der Waals surface area contributed by atoms with Crippen LogP contribution in [0.15, 0.2) is 22.8 Å². The van der Waals surface area contributed by atoms with Crippen LogP contribution in [-0.4, -0.2) is 46.4 Å². The molecule has 0 aliphatic carbocycles. The number of imidazole rings is 1. The molecule has 0 atom stereocenters. The number of aryl methyl sites for hydroxylation is 1. The van der Waals surface area contributed by atoms with E-state index in [2.05, 4.69) is 45.0 Å². The van der Waals surface area contributed by atoms with E-state index in [0.29, 0.717) is 12.2 Å². The van der Waals surface area contributed by atoms with Crippen molar-refractivity contribution in [3.63, 3.8) is 0 Å². The molecule has 0 spiro atoms. The number of fused-ring (bicyclic) bond motifs is 1. The summed E-state index contributed by atoms with van der Waals surface area (Å²) in [6, 6.07) is 3.83. The SMILES string of the molecule is CCN(CC)CCCCNC(=O)c1c(C)nc2ccc(Br)cn12. The topological polar surface area (TPSA) is 49.6 Å². The summed E-state index contributed by atoms with van der Waals surface area (Å²) in [7, 11) is 0. The summed E-state index contributed by atoms with van der Waals surface area (Å²) < 4.78 is 2.76. The smallest absolute Gasteiger partial charge is 0.270 e. The summed E-state index contributed by atoms with van der Waals surface area (Å²) in [5, 5.41) is 3.01. The minimum atomic E-state index is -0.0593. The van der Waals surface area contributed by atoms with Crippen LogP contribution in [0.2, 0.25) is 0 Å². The second-order valence-electron chi connectivity index (χ2n) is 5.61. The summed E-state index contributed by atoms with van der Waals surface area (Å²) in [5.41, 5.74) is 2.16. The van der Waals surface area contributed by atoms with Gasteiger partial charge in [-0.05, 0) is 67.5 Å². The molecule has 0 aliphatic rings. The molecule has 2 rings (SSSR count). The van der Waals surface area contributed by atoms with Gasteiger partial charge in [-0.15, -0.1) is 0 Å². The van der Waals surface area contributed by atoms with E-state index in [9.17, 15) is 4.79 Å². The molecule has 0 unspecified atom stereocenters. The molecule has 126 valence electrons. The average molecular weight is 381 g/mol. The number of hydrogen-bond donors (Lipinski definition) is 1. The van der Waals surface area contributed by atoms with E-state index in [1.165, 1.54) is 0 Å². The number of amides is 1. The molecule has 0 fully saturated rings. The van der Waals surface area contributed by atoms with E-state index in [1.807, 2.05) is 29.7 Å². The zero-order chi connectivity index (χ0) is 16.8. The lowest BCUT2D eigenvalue weighted by Crippen LogP contribution is -2.28. The van der Waals surface area contributed by atoms with Crippen molar-refractivity contribution in [1.82, 2.24) is 19.6 Å². The number of aromatic nitrogens is 2. The highest BCUT2D eigenvalue weighted by Crippen LogP contribution is 2.16. The highest BCUT2D eigenvalue weighted by Gasteiger charge is 2.16. The van der Waals surface area contributed by atoms with E-state index in [0.717, 1.165) is 48.3 Å². The monoisotopic (exact) mass is 380 g/mol. The van der Waals surface area contributed by atoms with Crippen LogP contribution in [0.3, 0.4) is 0 Å². The molecule has 23 heavy (non-hydrogen) atoms. The van der Waals surface area contributed by atoms with Gasteiger partial charge in [0.2, 0.25) is 0 Å². The number of pyridine rings is 1. The Morgan fingerprint density at radius 3 is 2.74 bits per heavy atom. The fourth-order valence-corrected chi connectivity index (χ4v) is 3.03. The minimum Gasteiger partial charge on any atom is -0.351 e. The first kappa shape index (κ1) is 17.9. The molecule has 0 bridgehead atoms. The molecule has 1 amide bonds. The average Bonchev–Trinajstić information content (AvgIpc) is 2.86. The molecule has 0 aromatic carbocycles. The fraction of sp³-hybridized carbons (Fsp3) is 0.529. The Morgan fingerprint density at radius 1 is 1.30 bits per heavy atom. The van der Waals surface area contributed by atoms with E-state index in [4.69, 9.17) is 0 Å². The molecule has 0 saturated heterocycles. The van der Waals surface area contributed by atoms with Gasteiger partial charge in [-0.2, -0.15) is 0 Å². The molecule has 1 N–H and O–H groups in total. The van der Waals surface area contributed by atoms with Crippen LogP contribution in [0.5, 0.6) is 0 Å². The number of nitrogens with zero attached hydrogens (tertiary/aromatic N) is 3. The van der Waals surface area contributed by atoms with Gasteiger partial charge in [0, 0.05) is 17.2 Å². The highest BCUT2D eigenvalue weighted by molar-refractivity contribution is 9.10. The van der Waals surface area contributed by atoms with Crippen LogP contribution in [-0.2, 0) is 0 Å². The third-order valence-corrected chi connectivity index (χ3v) is 4.52. The van der Waals surface area contributed by atoms with E-state index >= 15 is 0 Å². The summed E-state index contributed by atoms with van der Waals surface area (Å²) >= 11 is 3.44. The lowest BCUT2D eigenvalue weighted by atomic mass is 10.2. The second kappa shape index (κ2) is 8.45. The lowest BCUT2D eigenvalue weighted by molar-refractivity contribution is 0.0946. The van der Waals surface area contributed by atoms with Crippen LogP contribution in [0.1, 0.15) is 42.9 Å². The van der Waals surface area contributed by atoms with Crippen LogP contribution < -0.4 is 5.32 Å². The normalized spacial score (nSPS) is 11.3. The molecule has 2 aromatic heterocycles. The largest absolute Gasteiger partial charge is 0.351 e. The Labute approximate surface area is 146 Å². The van der Waals surface area contributed by atoms with Crippen molar-refractivity contribution < 1.29 is 4.79 Å². The number of halogens is 1. The van der Waals surface area contributed by atoms with E-state index < -0.39 is 0 Å². The first-order valence-electron chi connectivity index (χ1n) is 8.21. The van der Waals surface area contributed by atoms with Crippen LogP contribution in [0.4, 0.5) is 0 Å². The molecular formula is C17H25BrN4O. The van der Waals surface area contributed by atoms with Crippen LogP contribution in [0.25, 0.3) is 5.65 Å². The number of hydrogen-bond acceptors (Lipinski definition) is 3. The standard InChI is InChI=1S/C17H25BrN4O/c1-4-21(5-2)11-7-6-10-19-17(23)16-13(3)20-15-9-8-14(18)12-22(15)16/h8-9,12H,4-7,10-11H2,1-3H3,(H,19,23). The first-order valence-corrected chi connectivity index (χ1v) is 9.00. The summed E-state index contributed by atoms with van der Waals surface area (Å²) in [5.74, 6) is -0.0593. The van der Waals surface area contributed by atoms with E-state index in [1.54, 1.807) is 0 Å². The zero-order valence-corrected chi connectivity index (χ0v) is 15.7. The molecule has 0 aliphatic heterocycles. The van der Waals surface area contributed by atoms with Gasteiger partial charge in [-0.1, -0.05) is 13.8 Å². The third kappa shape index (κ3) is 4.54. The Balaban J connectivity index is 1.91. The van der Waals surface area contributed by atoms with Gasteiger partial charge < -0.3 is 10.2 Å². The molecule has 0 saturated carbocycles. The van der Waals surface area contributed by atoms with Crippen LogP contribution >= 0.6 is 15.9 Å². The Bertz CT molecular complexity index is 664. The highest BCUT2D eigenvalue weighted by atomic mass is 79.9. The van der Waals surface area contributed by atoms with Crippen molar-refractivity contribution in [2.24, 2.45) is 0 Å². The van der Waals surface area contributed by atoms with Crippen molar-refractivity contribution in [1.29, 1.82) is 0 Å².